The Labute approximate surface area is 110 Å². The van der Waals surface area contributed by atoms with Crippen LogP contribution in [0.15, 0.2) is 0 Å². The molecule has 0 saturated carbocycles. The molecular formula is C6H20O7STi. The summed E-state index contributed by atoms with van der Waals surface area (Å²) in [6, 6.07) is 0. The smallest absolute Gasteiger partial charge is 0.0710 e. The molecule has 9 heteroatoms. The second-order valence-electron chi connectivity index (χ2n) is 1.35. The summed E-state index contributed by atoms with van der Waals surface area (Å²) in [5, 5.41) is 29.2. The second kappa shape index (κ2) is 61.0. The van der Waals surface area contributed by atoms with Crippen molar-refractivity contribution in [1.82, 2.24) is 0 Å². The summed E-state index contributed by atoms with van der Waals surface area (Å²) in [7, 11) is 3.54. The van der Waals surface area contributed by atoms with Gasteiger partial charge in [-0.3, -0.25) is 15.8 Å². The molecular weight excluding hydrogens is 264 g/mol. The van der Waals surface area contributed by atoms with Crippen molar-refractivity contribution < 1.29 is 57.3 Å². The van der Waals surface area contributed by atoms with E-state index in [1.165, 1.54) is 21.3 Å². The van der Waals surface area contributed by atoms with Crippen LogP contribution < -0.4 is 0 Å². The zero-order chi connectivity index (χ0) is 12.2. The molecule has 0 aliphatic heterocycles. The Hall–Kier alpha value is 0.784. The molecule has 4 N–H and O–H groups in total. The fourth-order valence-corrected chi connectivity index (χ4v) is 0.212. The van der Waals surface area contributed by atoms with Crippen molar-refractivity contribution >= 4 is 12.6 Å². The standard InChI is InChI=1S/C3H8OS.3CH4O2.Ti/c4-2-1-3-5;3*1-3-2;/h4-5H,1-3H2;3*2H,1H3;. The number of aliphatic hydroxyl groups is 1. The normalized spacial score (nSPS) is 6.40. The van der Waals surface area contributed by atoms with Crippen molar-refractivity contribution in [2.24, 2.45) is 0 Å². The molecule has 7 nitrogen and oxygen atoms in total. The first kappa shape index (κ1) is 29.7. The minimum atomic E-state index is 0. The largest absolute Gasteiger partial charge is 0.396 e. The number of thiol groups is 1. The molecule has 0 fully saturated rings. The maximum absolute atomic E-state index is 8.02. The fourth-order valence-electron chi connectivity index (χ4n) is 0.0707. The van der Waals surface area contributed by atoms with Gasteiger partial charge < -0.3 is 5.11 Å². The molecule has 0 atom stereocenters. The Balaban J connectivity index is -0.0000000300. The van der Waals surface area contributed by atoms with Gasteiger partial charge in [-0.15, -0.1) is 0 Å². The zero-order valence-electron chi connectivity index (χ0n) is 9.08. The van der Waals surface area contributed by atoms with Crippen LogP contribution >= 0.6 is 12.6 Å². The molecule has 0 rings (SSSR count). The molecule has 0 amide bonds. The van der Waals surface area contributed by atoms with Crippen LogP contribution in [0.25, 0.3) is 0 Å². The molecule has 0 saturated heterocycles. The van der Waals surface area contributed by atoms with E-state index in [9.17, 15) is 0 Å². The van der Waals surface area contributed by atoms with Gasteiger partial charge in [0.15, 0.2) is 0 Å². The van der Waals surface area contributed by atoms with Crippen LogP contribution in [-0.4, -0.2) is 54.6 Å². The summed E-state index contributed by atoms with van der Waals surface area (Å²) in [6.07, 6.45) is 0.809. The van der Waals surface area contributed by atoms with Gasteiger partial charge >= 0.3 is 0 Å². The summed E-state index contributed by atoms with van der Waals surface area (Å²) in [5.41, 5.74) is 0. The van der Waals surface area contributed by atoms with Crippen LogP contribution in [0, 0.1) is 0 Å². The number of hydrogen-bond acceptors (Lipinski definition) is 8. The summed E-state index contributed by atoms with van der Waals surface area (Å²) in [5.74, 6) is 0.788. The van der Waals surface area contributed by atoms with Gasteiger partial charge in [-0.05, 0) is 12.2 Å². The number of hydrogen-bond donors (Lipinski definition) is 5. The SMILES string of the molecule is COO.COO.COO.OCCCS.[Ti]. The van der Waals surface area contributed by atoms with E-state index in [0.29, 0.717) is 0 Å². The Bertz CT molecular complexity index is 47.7. The Morgan fingerprint density at radius 2 is 1.13 bits per heavy atom. The fraction of sp³-hybridized carbons (Fsp3) is 1.00. The first-order valence-corrected chi connectivity index (χ1v) is 4.04. The maximum Gasteiger partial charge on any atom is 0.0710 e. The molecule has 0 aromatic rings. The molecule has 0 heterocycles. The molecule has 0 spiro atoms. The third-order valence-electron chi connectivity index (χ3n) is 0.316. The quantitative estimate of drug-likeness (QED) is 0.219. The van der Waals surface area contributed by atoms with Crippen molar-refractivity contribution in [2.45, 2.75) is 6.42 Å². The Morgan fingerprint density at radius 3 is 1.13 bits per heavy atom. The van der Waals surface area contributed by atoms with E-state index < -0.39 is 0 Å². The molecule has 0 aromatic carbocycles. The number of rotatable bonds is 2. The topological polar surface area (TPSA) is 109 Å². The van der Waals surface area contributed by atoms with Crippen molar-refractivity contribution in [3.8, 4) is 0 Å². The minimum absolute atomic E-state index is 0. The van der Waals surface area contributed by atoms with Crippen LogP contribution in [0.5, 0.6) is 0 Å². The van der Waals surface area contributed by atoms with E-state index in [4.69, 9.17) is 20.9 Å². The van der Waals surface area contributed by atoms with Gasteiger partial charge in [-0.25, -0.2) is 14.7 Å². The molecule has 0 bridgehead atoms. The predicted octanol–water partition coefficient (Wildman–Crippen LogP) is 0.614. The average Bonchev–Trinajstić information content (AvgIpc) is 2.09. The summed E-state index contributed by atoms with van der Waals surface area (Å²) < 4.78 is 0. The van der Waals surface area contributed by atoms with Gasteiger partial charge in [0.25, 0.3) is 0 Å². The minimum Gasteiger partial charge on any atom is -0.396 e. The third-order valence-corrected chi connectivity index (χ3v) is 0.632. The van der Waals surface area contributed by atoms with Gasteiger partial charge in [-0.1, -0.05) is 0 Å². The van der Waals surface area contributed by atoms with Crippen LogP contribution in [0.2, 0.25) is 0 Å². The van der Waals surface area contributed by atoms with Crippen LogP contribution in [0.3, 0.4) is 0 Å². The predicted molar refractivity (Wildman–Crippen MR) is 54.5 cm³/mol. The van der Waals surface area contributed by atoms with E-state index in [1.807, 2.05) is 0 Å². The monoisotopic (exact) mass is 284 g/mol. The molecule has 0 radical (unpaired) electrons. The first-order chi connectivity index (χ1) is 6.66. The molecule has 0 aliphatic carbocycles. The van der Waals surface area contributed by atoms with Crippen LogP contribution in [-0.2, 0) is 36.4 Å². The Kier molecular flexibility index (Phi) is 121. The summed E-state index contributed by atoms with van der Waals surface area (Å²) in [4.78, 5) is 9.75. The summed E-state index contributed by atoms with van der Waals surface area (Å²) in [6.45, 7) is 0.267. The second-order valence-corrected chi connectivity index (χ2v) is 1.80. The summed E-state index contributed by atoms with van der Waals surface area (Å²) >= 11 is 3.84. The van der Waals surface area contributed by atoms with Crippen molar-refractivity contribution in [3.05, 3.63) is 0 Å². The average molecular weight is 284 g/mol. The van der Waals surface area contributed by atoms with Gasteiger partial charge in [0.1, 0.15) is 0 Å². The van der Waals surface area contributed by atoms with E-state index in [2.05, 4.69) is 27.3 Å². The van der Waals surface area contributed by atoms with Gasteiger partial charge in [0.2, 0.25) is 0 Å². The van der Waals surface area contributed by atoms with Crippen molar-refractivity contribution in [2.75, 3.05) is 33.7 Å². The Morgan fingerprint density at radius 1 is 0.933 bits per heavy atom. The molecule has 96 valence electrons. The van der Waals surface area contributed by atoms with E-state index >= 15 is 0 Å². The zero-order valence-corrected chi connectivity index (χ0v) is 11.5. The molecule has 0 aliphatic rings. The van der Waals surface area contributed by atoms with E-state index in [-0.39, 0.29) is 28.3 Å². The molecule has 0 aromatic heterocycles. The first-order valence-electron chi connectivity index (χ1n) is 3.40. The van der Waals surface area contributed by atoms with Crippen molar-refractivity contribution in [1.29, 1.82) is 0 Å². The van der Waals surface area contributed by atoms with Crippen LogP contribution in [0.4, 0.5) is 0 Å². The maximum atomic E-state index is 8.02. The van der Waals surface area contributed by atoms with E-state index in [1.54, 1.807) is 0 Å². The van der Waals surface area contributed by atoms with Gasteiger partial charge in [-0.2, -0.15) is 12.6 Å². The third kappa shape index (κ3) is 312. The van der Waals surface area contributed by atoms with Crippen LogP contribution in [0.1, 0.15) is 6.42 Å². The van der Waals surface area contributed by atoms with Gasteiger partial charge in [0.05, 0.1) is 21.3 Å². The molecule has 15 heavy (non-hydrogen) atoms. The molecule has 0 unspecified atom stereocenters. The van der Waals surface area contributed by atoms with Crippen molar-refractivity contribution in [3.63, 3.8) is 0 Å². The number of aliphatic hydroxyl groups excluding tert-OH is 1. The van der Waals surface area contributed by atoms with Gasteiger partial charge in [0, 0.05) is 28.3 Å². The van der Waals surface area contributed by atoms with E-state index in [0.717, 1.165) is 12.2 Å².